The molecule has 2 N–H and O–H groups in total. The minimum atomic E-state index is -0.270. The van der Waals surface area contributed by atoms with E-state index in [0.29, 0.717) is 12.5 Å². The average molecular weight is 202 g/mol. The van der Waals surface area contributed by atoms with E-state index in [2.05, 4.69) is 4.98 Å². The first-order valence-corrected chi connectivity index (χ1v) is 4.40. The highest BCUT2D eigenvalue weighted by molar-refractivity contribution is 6.31. The van der Waals surface area contributed by atoms with Gasteiger partial charge in [-0.2, -0.15) is 0 Å². The molecule has 0 bridgehead atoms. The highest BCUT2D eigenvalue weighted by Gasteiger charge is 2.06. The Balaban J connectivity index is 3.12. The molecule has 0 fully saturated rings. The van der Waals surface area contributed by atoms with Gasteiger partial charge in [0.05, 0.1) is 6.33 Å². The van der Waals surface area contributed by atoms with Gasteiger partial charge in [0, 0.05) is 6.54 Å². The Morgan fingerprint density at radius 1 is 1.69 bits per heavy atom. The fraction of sp³-hybridized carbons (Fsp3) is 0.500. The molecule has 1 rings (SSSR count). The van der Waals surface area contributed by atoms with Gasteiger partial charge in [0.1, 0.15) is 5.69 Å². The van der Waals surface area contributed by atoms with Crippen LogP contribution >= 0.6 is 11.6 Å². The van der Waals surface area contributed by atoms with Crippen molar-refractivity contribution in [3.8, 4) is 0 Å². The molecule has 0 aliphatic heterocycles. The van der Waals surface area contributed by atoms with Crippen molar-refractivity contribution in [1.82, 2.24) is 9.55 Å². The maximum Gasteiger partial charge on any atom is 0.278 e. The molecule has 0 aliphatic carbocycles. The zero-order valence-electron chi connectivity index (χ0n) is 7.62. The van der Waals surface area contributed by atoms with Crippen LogP contribution in [0.25, 0.3) is 0 Å². The topological polar surface area (TPSA) is 60.9 Å². The van der Waals surface area contributed by atoms with E-state index in [1.165, 1.54) is 10.9 Å². The first-order valence-electron chi connectivity index (χ1n) is 4.02. The van der Waals surface area contributed by atoms with E-state index in [1.54, 1.807) is 0 Å². The Labute approximate surface area is 81.3 Å². The smallest absolute Gasteiger partial charge is 0.278 e. The number of aromatic nitrogens is 2. The number of anilines is 1. The summed E-state index contributed by atoms with van der Waals surface area (Å²) >= 11 is 5.57. The van der Waals surface area contributed by atoms with Crippen LogP contribution in [0.1, 0.15) is 13.8 Å². The summed E-state index contributed by atoms with van der Waals surface area (Å²) < 4.78 is 1.46. The number of nitrogens with zero attached hydrogens (tertiary/aromatic N) is 2. The highest BCUT2D eigenvalue weighted by atomic mass is 35.5. The van der Waals surface area contributed by atoms with Crippen LogP contribution in [0.2, 0.25) is 5.15 Å². The first-order chi connectivity index (χ1) is 6.02. The molecular weight excluding hydrogens is 190 g/mol. The Kier molecular flexibility index (Phi) is 2.93. The molecule has 0 aromatic carbocycles. The van der Waals surface area contributed by atoms with Gasteiger partial charge >= 0.3 is 0 Å². The number of hydrogen-bond acceptors (Lipinski definition) is 3. The number of nitrogen functional groups attached to an aromatic ring is 1. The second kappa shape index (κ2) is 3.79. The van der Waals surface area contributed by atoms with Crippen LogP contribution in [0.3, 0.4) is 0 Å². The third-order valence-electron chi connectivity index (χ3n) is 1.59. The lowest BCUT2D eigenvalue weighted by atomic mass is 10.2. The van der Waals surface area contributed by atoms with Crippen LogP contribution in [0.5, 0.6) is 0 Å². The van der Waals surface area contributed by atoms with E-state index in [9.17, 15) is 4.79 Å². The van der Waals surface area contributed by atoms with Gasteiger partial charge in [-0.25, -0.2) is 4.98 Å². The molecule has 72 valence electrons. The second-order valence-corrected chi connectivity index (χ2v) is 3.66. The standard InChI is InChI=1S/C8H12ClN3O/c1-5(2)3-12-4-11-7(9)6(10)8(12)13/h4-5H,3,10H2,1-2H3. The third kappa shape index (κ3) is 2.21. The molecule has 5 heteroatoms. The van der Waals surface area contributed by atoms with Crippen molar-refractivity contribution in [2.75, 3.05) is 5.73 Å². The predicted molar refractivity (Wildman–Crippen MR) is 52.8 cm³/mol. The van der Waals surface area contributed by atoms with Crippen molar-refractivity contribution in [2.45, 2.75) is 20.4 Å². The van der Waals surface area contributed by atoms with Crippen molar-refractivity contribution < 1.29 is 0 Å². The molecule has 0 aliphatic rings. The molecule has 4 nitrogen and oxygen atoms in total. The van der Waals surface area contributed by atoms with Gasteiger partial charge in [-0.1, -0.05) is 25.4 Å². The van der Waals surface area contributed by atoms with Crippen molar-refractivity contribution in [1.29, 1.82) is 0 Å². The molecule has 1 aromatic rings. The molecular formula is C8H12ClN3O. The minimum absolute atomic E-state index is 0.0183. The summed E-state index contributed by atoms with van der Waals surface area (Å²) in [6.45, 7) is 4.63. The Morgan fingerprint density at radius 3 is 2.85 bits per heavy atom. The van der Waals surface area contributed by atoms with E-state index in [1.807, 2.05) is 13.8 Å². The molecule has 0 saturated heterocycles. The monoisotopic (exact) mass is 201 g/mol. The number of rotatable bonds is 2. The number of halogens is 1. The van der Waals surface area contributed by atoms with Crippen LogP contribution in [0.4, 0.5) is 5.69 Å². The van der Waals surface area contributed by atoms with Crippen molar-refractivity contribution in [3.05, 3.63) is 21.8 Å². The summed E-state index contributed by atoms with van der Waals surface area (Å²) in [7, 11) is 0. The van der Waals surface area contributed by atoms with Gasteiger partial charge in [-0.15, -0.1) is 0 Å². The molecule has 0 atom stereocenters. The summed E-state index contributed by atoms with van der Waals surface area (Å²) in [5, 5.41) is 0.0741. The Hall–Kier alpha value is -1.03. The second-order valence-electron chi connectivity index (χ2n) is 3.30. The summed E-state index contributed by atoms with van der Waals surface area (Å²) in [5.74, 6) is 0.375. The molecule has 0 amide bonds. The van der Waals surface area contributed by atoms with Gasteiger partial charge in [-0.05, 0) is 5.92 Å². The van der Waals surface area contributed by atoms with Gasteiger partial charge in [-0.3, -0.25) is 9.36 Å². The maximum absolute atomic E-state index is 11.4. The first kappa shape index (κ1) is 10.1. The molecule has 0 saturated carbocycles. The fourth-order valence-corrected chi connectivity index (χ4v) is 1.13. The zero-order chi connectivity index (χ0) is 10.0. The average Bonchev–Trinajstić information content (AvgIpc) is 2.06. The van der Waals surface area contributed by atoms with Crippen molar-refractivity contribution in [2.24, 2.45) is 5.92 Å². The largest absolute Gasteiger partial charge is 0.392 e. The Bertz CT molecular complexity index is 359. The summed E-state index contributed by atoms with van der Waals surface area (Å²) in [5.41, 5.74) is 5.18. The number of nitrogens with two attached hydrogens (primary N) is 1. The molecule has 13 heavy (non-hydrogen) atoms. The van der Waals surface area contributed by atoms with Gasteiger partial charge in [0.15, 0.2) is 5.15 Å². The number of hydrogen-bond donors (Lipinski definition) is 1. The van der Waals surface area contributed by atoms with Crippen molar-refractivity contribution in [3.63, 3.8) is 0 Å². The van der Waals surface area contributed by atoms with Crippen LogP contribution < -0.4 is 11.3 Å². The molecule has 0 spiro atoms. The molecule has 0 radical (unpaired) electrons. The lowest BCUT2D eigenvalue weighted by Gasteiger charge is -2.08. The lowest BCUT2D eigenvalue weighted by Crippen LogP contribution is -2.25. The van der Waals surface area contributed by atoms with Crippen LogP contribution in [-0.4, -0.2) is 9.55 Å². The van der Waals surface area contributed by atoms with Crippen LogP contribution in [0.15, 0.2) is 11.1 Å². The van der Waals surface area contributed by atoms with E-state index in [-0.39, 0.29) is 16.4 Å². The van der Waals surface area contributed by atoms with Gasteiger partial charge in [0.2, 0.25) is 0 Å². The molecule has 0 unspecified atom stereocenters. The zero-order valence-corrected chi connectivity index (χ0v) is 8.38. The summed E-state index contributed by atoms with van der Waals surface area (Å²) in [4.78, 5) is 15.2. The lowest BCUT2D eigenvalue weighted by molar-refractivity contribution is 0.506. The van der Waals surface area contributed by atoms with E-state index < -0.39 is 0 Å². The predicted octanol–water partition coefficient (Wildman–Crippen LogP) is 1.13. The van der Waals surface area contributed by atoms with Crippen molar-refractivity contribution >= 4 is 17.3 Å². The quantitative estimate of drug-likeness (QED) is 0.730. The fourth-order valence-electron chi connectivity index (χ4n) is 1.01. The SMILES string of the molecule is CC(C)Cn1cnc(Cl)c(N)c1=O. The third-order valence-corrected chi connectivity index (χ3v) is 1.89. The maximum atomic E-state index is 11.4. The minimum Gasteiger partial charge on any atom is -0.392 e. The van der Waals surface area contributed by atoms with E-state index >= 15 is 0 Å². The van der Waals surface area contributed by atoms with E-state index in [0.717, 1.165) is 0 Å². The van der Waals surface area contributed by atoms with E-state index in [4.69, 9.17) is 17.3 Å². The Morgan fingerprint density at radius 2 is 2.31 bits per heavy atom. The highest BCUT2D eigenvalue weighted by Crippen LogP contribution is 2.08. The summed E-state index contributed by atoms with van der Waals surface area (Å²) in [6.07, 6.45) is 1.42. The van der Waals surface area contributed by atoms with Crippen LogP contribution in [0, 0.1) is 5.92 Å². The molecule has 1 heterocycles. The van der Waals surface area contributed by atoms with Gasteiger partial charge in [0.25, 0.3) is 5.56 Å². The normalized spacial score (nSPS) is 10.8. The summed E-state index contributed by atoms with van der Waals surface area (Å²) in [6, 6.07) is 0. The molecule has 1 aromatic heterocycles. The van der Waals surface area contributed by atoms with Crippen LogP contribution in [-0.2, 0) is 6.54 Å². The van der Waals surface area contributed by atoms with Gasteiger partial charge < -0.3 is 5.73 Å².